The number of nitrogens with zero attached hydrogens (tertiary/aromatic N) is 3. The van der Waals surface area contributed by atoms with Gasteiger partial charge in [0.25, 0.3) is 0 Å². The van der Waals surface area contributed by atoms with E-state index in [1.165, 1.54) is 16.4 Å². The van der Waals surface area contributed by atoms with Crippen molar-refractivity contribution in [2.24, 2.45) is 0 Å². The molecular formula is C8H10N4OS. The predicted molar refractivity (Wildman–Crippen MR) is 54.4 cm³/mol. The number of hydrogen-bond donors (Lipinski definition) is 1. The molecule has 2 aromatic heterocycles. The molecule has 14 heavy (non-hydrogen) atoms. The van der Waals surface area contributed by atoms with E-state index >= 15 is 0 Å². The quantitative estimate of drug-likeness (QED) is 0.597. The lowest BCUT2D eigenvalue weighted by Gasteiger charge is -1.99. The van der Waals surface area contributed by atoms with Crippen LogP contribution in [0.2, 0.25) is 0 Å². The molecule has 0 saturated heterocycles. The number of aromatic nitrogens is 3. The van der Waals surface area contributed by atoms with Crippen molar-refractivity contribution in [1.82, 2.24) is 14.9 Å². The molecule has 0 amide bonds. The largest absolute Gasteiger partial charge is 0.469 e. The first-order chi connectivity index (χ1) is 6.74. The SMILES string of the molecule is CSc1nnc(-c2ccoc2C)n1N. The van der Waals surface area contributed by atoms with Gasteiger partial charge in [-0.1, -0.05) is 11.8 Å². The summed E-state index contributed by atoms with van der Waals surface area (Å²) >= 11 is 1.45. The number of furan rings is 1. The summed E-state index contributed by atoms with van der Waals surface area (Å²) in [5, 5.41) is 8.62. The first-order valence-electron chi connectivity index (χ1n) is 4.03. The molecule has 0 bridgehead atoms. The molecule has 0 aliphatic rings. The summed E-state index contributed by atoms with van der Waals surface area (Å²) in [7, 11) is 0. The summed E-state index contributed by atoms with van der Waals surface area (Å²) in [6.07, 6.45) is 3.51. The van der Waals surface area contributed by atoms with Crippen LogP contribution in [0.1, 0.15) is 5.76 Å². The van der Waals surface area contributed by atoms with Gasteiger partial charge in [0.15, 0.2) is 5.82 Å². The minimum absolute atomic E-state index is 0.626. The molecule has 0 aliphatic carbocycles. The van der Waals surface area contributed by atoms with Gasteiger partial charge in [0.2, 0.25) is 5.16 Å². The van der Waals surface area contributed by atoms with Gasteiger partial charge in [-0.3, -0.25) is 0 Å². The topological polar surface area (TPSA) is 69.9 Å². The molecule has 0 aromatic carbocycles. The molecule has 6 heteroatoms. The van der Waals surface area contributed by atoms with Gasteiger partial charge in [0, 0.05) is 0 Å². The van der Waals surface area contributed by atoms with E-state index in [-0.39, 0.29) is 0 Å². The monoisotopic (exact) mass is 210 g/mol. The van der Waals surface area contributed by atoms with Gasteiger partial charge in [0.1, 0.15) is 5.76 Å². The first-order valence-corrected chi connectivity index (χ1v) is 5.25. The summed E-state index contributed by atoms with van der Waals surface area (Å²) in [5.74, 6) is 7.22. The van der Waals surface area contributed by atoms with E-state index in [1.807, 2.05) is 19.2 Å². The van der Waals surface area contributed by atoms with Gasteiger partial charge in [-0.25, -0.2) is 4.68 Å². The van der Waals surface area contributed by atoms with Crippen molar-refractivity contribution in [3.05, 3.63) is 18.1 Å². The Balaban J connectivity index is 2.52. The zero-order chi connectivity index (χ0) is 10.1. The molecule has 0 radical (unpaired) electrons. The van der Waals surface area contributed by atoms with Crippen molar-refractivity contribution in [2.45, 2.75) is 12.1 Å². The molecule has 0 aliphatic heterocycles. The van der Waals surface area contributed by atoms with Crippen molar-refractivity contribution in [3.8, 4) is 11.4 Å². The van der Waals surface area contributed by atoms with Crippen LogP contribution in [0.4, 0.5) is 0 Å². The molecular weight excluding hydrogens is 200 g/mol. The average Bonchev–Trinajstić information content (AvgIpc) is 2.72. The summed E-state index contributed by atoms with van der Waals surface area (Å²) in [4.78, 5) is 0. The van der Waals surface area contributed by atoms with Gasteiger partial charge < -0.3 is 10.3 Å². The van der Waals surface area contributed by atoms with Gasteiger partial charge in [-0.05, 0) is 19.2 Å². The minimum Gasteiger partial charge on any atom is -0.469 e. The number of nitrogen functional groups attached to an aromatic ring is 1. The standard InChI is InChI=1S/C8H10N4OS/c1-5-6(3-4-13-5)7-10-11-8(14-2)12(7)9/h3-4H,9H2,1-2H3. The van der Waals surface area contributed by atoms with Gasteiger partial charge in [-0.2, -0.15) is 0 Å². The van der Waals surface area contributed by atoms with E-state index in [2.05, 4.69) is 10.2 Å². The number of nitrogens with two attached hydrogens (primary N) is 1. The van der Waals surface area contributed by atoms with Crippen molar-refractivity contribution in [3.63, 3.8) is 0 Å². The Labute approximate surface area is 85.3 Å². The van der Waals surface area contributed by atoms with Crippen LogP contribution < -0.4 is 5.84 Å². The smallest absolute Gasteiger partial charge is 0.209 e. The summed E-state index contributed by atoms with van der Waals surface area (Å²) in [6, 6.07) is 1.83. The van der Waals surface area contributed by atoms with E-state index in [1.54, 1.807) is 6.26 Å². The predicted octanol–water partition coefficient (Wildman–Crippen LogP) is 1.28. The van der Waals surface area contributed by atoms with E-state index in [0.29, 0.717) is 11.0 Å². The molecule has 0 fully saturated rings. The Morgan fingerprint density at radius 1 is 1.50 bits per heavy atom. The van der Waals surface area contributed by atoms with Gasteiger partial charge in [-0.15, -0.1) is 10.2 Å². The van der Waals surface area contributed by atoms with Crippen LogP contribution >= 0.6 is 11.8 Å². The number of thioether (sulfide) groups is 1. The van der Waals surface area contributed by atoms with Crippen LogP contribution in [0.3, 0.4) is 0 Å². The lowest BCUT2D eigenvalue weighted by molar-refractivity contribution is 0.535. The van der Waals surface area contributed by atoms with Crippen molar-refractivity contribution < 1.29 is 4.42 Å². The second-order valence-electron chi connectivity index (χ2n) is 2.77. The van der Waals surface area contributed by atoms with E-state index in [0.717, 1.165) is 11.3 Å². The van der Waals surface area contributed by atoms with E-state index in [9.17, 15) is 0 Å². The molecule has 0 spiro atoms. The maximum atomic E-state index is 5.80. The maximum Gasteiger partial charge on any atom is 0.209 e. The number of rotatable bonds is 2. The maximum absolute atomic E-state index is 5.80. The molecule has 2 heterocycles. The fourth-order valence-corrected chi connectivity index (χ4v) is 1.62. The highest BCUT2D eigenvalue weighted by Gasteiger charge is 2.14. The average molecular weight is 210 g/mol. The minimum atomic E-state index is 0.626. The fraction of sp³-hybridized carbons (Fsp3) is 0.250. The van der Waals surface area contributed by atoms with Crippen LogP contribution in [0.25, 0.3) is 11.4 Å². The fourth-order valence-electron chi connectivity index (χ4n) is 1.22. The Kier molecular flexibility index (Phi) is 2.20. The first kappa shape index (κ1) is 9.14. The molecule has 5 nitrogen and oxygen atoms in total. The van der Waals surface area contributed by atoms with Crippen LogP contribution in [0, 0.1) is 6.92 Å². The number of hydrogen-bond acceptors (Lipinski definition) is 5. The Morgan fingerprint density at radius 3 is 2.79 bits per heavy atom. The highest BCUT2D eigenvalue weighted by Crippen LogP contribution is 2.23. The molecule has 2 rings (SSSR count). The van der Waals surface area contributed by atoms with E-state index < -0.39 is 0 Å². The highest BCUT2D eigenvalue weighted by atomic mass is 32.2. The third-order valence-corrected chi connectivity index (χ3v) is 2.59. The van der Waals surface area contributed by atoms with E-state index in [4.69, 9.17) is 10.3 Å². The lowest BCUT2D eigenvalue weighted by atomic mass is 10.2. The second kappa shape index (κ2) is 3.38. The van der Waals surface area contributed by atoms with Crippen LogP contribution in [0.15, 0.2) is 21.9 Å². The second-order valence-corrected chi connectivity index (χ2v) is 3.54. The normalized spacial score (nSPS) is 10.7. The molecule has 0 saturated carbocycles. The summed E-state index contributed by atoms with van der Waals surface area (Å²) in [5.41, 5.74) is 0.875. The lowest BCUT2D eigenvalue weighted by Crippen LogP contribution is -2.11. The Morgan fingerprint density at radius 2 is 2.29 bits per heavy atom. The molecule has 2 N–H and O–H groups in total. The van der Waals surface area contributed by atoms with Gasteiger partial charge >= 0.3 is 0 Å². The molecule has 0 unspecified atom stereocenters. The van der Waals surface area contributed by atoms with Crippen molar-refractivity contribution in [1.29, 1.82) is 0 Å². The highest BCUT2D eigenvalue weighted by molar-refractivity contribution is 7.98. The third-order valence-electron chi connectivity index (χ3n) is 1.95. The Hall–Kier alpha value is -1.43. The van der Waals surface area contributed by atoms with Crippen LogP contribution in [-0.2, 0) is 0 Å². The Bertz CT molecular complexity index is 448. The molecule has 74 valence electrons. The van der Waals surface area contributed by atoms with Crippen molar-refractivity contribution in [2.75, 3.05) is 12.1 Å². The summed E-state index contributed by atoms with van der Waals surface area (Å²) in [6.45, 7) is 1.86. The molecule has 0 atom stereocenters. The zero-order valence-corrected chi connectivity index (χ0v) is 8.71. The van der Waals surface area contributed by atoms with Crippen molar-refractivity contribution >= 4 is 11.8 Å². The number of aryl methyl sites for hydroxylation is 1. The van der Waals surface area contributed by atoms with Crippen LogP contribution in [-0.4, -0.2) is 21.1 Å². The summed E-state index contributed by atoms with van der Waals surface area (Å²) < 4.78 is 6.63. The van der Waals surface area contributed by atoms with Gasteiger partial charge in [0.05, 0.1) is 11.8 Å². The zero-order valence-electron chi connectivity index (χ0n) is 7.89. The third kappa shape index (κ3) is 1.27. The molecule has 2 aromatic rings. The van der Waals surface area contributed by atoms with Crippen LogP contribution in [0.5, 0.6) is 0 Å².